The minimum Gasteiger partial charge on any atom is -0.497 e. The van der Waals surface area contributed by atoms with E-state index in [1.165, 1.54) is 0 Å². The molecule has 1 atom stereocenters. The first-order chi connectivity index (χ1) is 14.8. The molecule has 0 spiro atoms. The van der Waals surface area contributed by atoms with E-state index < -0.39 is 6.04 Å². The molecule has 31 heavy (non-hydrogen) atoms. The molecule has 0 aliphatic carbocycles. The number of rotatable bonds is 11. The Hall–Kier alpha value is -3.02. The lowest BCUT2D eigenvalue weighted by Crippen LogP contribution is -2.49. The van der Waals surface area contributed by atoms with Gasteiger partial charge < -0.3 is 19.7 Å². The molecule has 168 valence electrons. The van der Waals surface area contributed by atoms with E-state index >= 15 is 0 Å². The molecule has 0 unspecified atom stereocenters. The van der Waals surface area contributed by atoms with Crippen molar-refractivity contribution < 1.29 is 19.1 Å². The minimum absolute atomic E-state index is 0.132. The standard InChI is InChI=1S/C25H34N2O4/c1-6-7-14-26-25(29)20(4)27(16-21-9-11-22(30-5)12-10-21)24(28)17-31-23-13-8-18(2)15-19(23)3/h8-13,15,20H,6-7,14,16-17H2,1-5H3,(H,26,29)/t20-/m0/s1. The molecule has 0 bridgehead atoms. The highest BCUT2D eigenvalue weighted by Crippen LogP contribution is 2.20. The van der Waals surface area contributed by atoms with Gasteiger partial charge in [-0.05, 0) is 56.5 Å². The van der Waals surface area contributed by atoms with E-state index in [0.717, 1.165) is 35.3 Å². The second-order valence-electron chi connectivity index (χ2n) is 7.75. The average Bonchev–Trinajstić information content (AvgIpc) is 2.76. The molecular formula is C25H34N2O4. The number of aryl methyl sites for hydroxylation is 2. The fraction of sp³-hybridized carbons (Fsp3) is 0.440. The van der Waals surface area contributed by atoms with Gasteiger partial charge >= 0.3 is 0 Å². The second kappa shape index (κ2) is 12.0. The van der Waals surface area contributed by atoms with Crippen LogP contribution in [0.5, 0.6) is 11.5 Å². The van der Waals surface area contributed by atoms with E-state index in [2.05, 4.69) is 12.2 Å². The third-order valence-electron chi connectivity index (χ3n) is 5.19. The van der Waals surface area contributed by atoms with Crippen LogP contribution in [0.4, 0.5) is 0 Å². The Kier molecular flexibility index (Phi) is 9.38. The number of ether oxygens (including phenoxy) is 2. The van der Waals surface area contributed by atoms with Crippen LogP contribution >= 0.6 is 0 Å². The van der Waals surface area contributed by atoms with E-state index in [1.807, 2.05) is 56.3 Å². The summed E-state index contributed by atoms with van der Waals surface area (Å²) in [6.45, 7) is 8.56. The normalized spacial score (nSPS) is 11.5. The summed E-state index contributed by atoms with van der Waals surface area (Å²) in [4.78, 5) is 27.3. The van der Waals surface area contributed by atoms with Crippen molar-refractivity contribution in [3.05, 3.63) is 59.2 Å². The maximum atomic E-state index is 13.1. The third-order valence-corrected chi connectivity index (χ3v) is 5.19. The molecule has 1 N–H and O–H groups in total. The van der Waals surface area contributed by atoms with Gasteiger partial charge in [0, 0.05) is 13.1 Å². The molecule has 2 aromatic rings. The number of nitrogens with zero attached hydrogens (tertiary/aromatic N) is 1. The number of unbranched alkanes of at least 4 members (excludes halogenated alkanes) is 1. The van der Waals surface area contributed by atoms with Gasteiger partial charge in [-0.25, -0.2) is 0 Å². The van der Waals surface area contributed by atoms with E-state index in [1.54, 1.807) is 18.9 Å². The van der Waals surface area contributed by atoms with Gasteiger partial charge in [-0.15, -0.1) is 0 Å². The number of nitrogens with one attached hydrogen (secondary N) is 1. The first kappa shape index (κ1) is 24.3. The number of hydrogen-bond acceptors (Lipinski definition) is 4. The lowest BCUT2D eigenvalue weighted by molar-refractivity contribution is -0.142. The molecule has 0 saturated carbocycles. The largest absolute Gasteiger partial charge is 0.497 e. The van der Waals surface area contributed by atoms with Crippen LogP contribution in [0.15, 0.2) is 42.5 Å². The van der Waals surface area contributed by atoms with Crippen LogP contribution in [0.3, 0.4) is 0 Å². The highest BCUT2D eigenvalue weighted by atomic mass is 16.5. The number of benzene rings is 2. The van der Waals surface area contributed by atoms with Gasteiger partial charge in [0.15, 0.2) is 6.61 Å². The van der Waals surface area contributed by atoms with E-state index in [4.69, 9.17) is 9.47 Å². The fourth-order valence-electron chi connectivity index (χ4n) is 3.23. The maximum Gasteiger partial charge on any atom is 0.261 e. The van der Waals surface area contributed by atoms with Gasteiger partial charge in [-0.1, -0.05) is 43.2 Å². The second-order valence-corrected chi connectivity index (χ2v) is 7.75. The molecule has 0 aliphatic heterocycles. The summed E-state index contributed by atoms with van der Waals surface area (Å²) in [7, 11) is 1.61. The summed E-state index contributed by atoms with van der Waals surface area (Å²) < 4.78 is 11.0. The van der Waals surface area contributed by atoms with Crippen LogP contribution < -0.4 is 14.8 Å². The lowest BCUT2D eigenvalue weighted by atomic mass is 10.1. The molecule has 0 heterocycles. The molecule has 2 aromatic carbocycles. The monoisotopic (exact) mass is 426 g/mol. The quantitative estimate of drug-likeness (QED) is 0.551. The van der Waals surface area contributed by atoms with E-state index in [0.29, 0.717) is 18.8 Å². The van der Waals surface area contributed by atoms with Crippen LogP contribution in [0, 0.1) is 13.8 Å². The number of carbonyl (C=O) groups is 2. The first-order valence-corrected chi connectivity index (χ1v) is 10.8. The SMILES string of the molecule is CCCCNC(=O)[C@H](C)N(Cc1ccc(OC)cc1)C(=O)COc1ccc(C)cc1C. The first-order valence-electron chi connectivity index (χ1n) is 10.8. The molecule has 0 fully saturated rings. The van der Waals surface area contributed by atoms with Crippen LogP contribution in [-0.2, 0) is 16.1 Å². The van der Waals surface area contributed by atoms with Gasteiger partial charge in [-0.3, -0.25) is 9.59 Å². The Morgan fingerprint density at radius 1 is 1.10 bits per heavy atom. The number of hydrogen-bond donors (Lipinski definition) is 1. The molecule has 0 saturated heterocycles. The van der Waals surface area contributed by atoms with Gasteiger partial charge in [0.05, 0.1) is 7.11 Å². The average molecular weight is 427 g/mol. The van der Waals surface area contributed by atoms with Crippen molar-refractivity contribution >= 4 is 11.8 Å². The van der Waals surface area contributed by atoms with E-state index in [9.17, 15) is 9.59 Å². The summed E-state index contributed by atoms with van der Waals surface area (Å²) in [5.41, 5.74) is 3.02. The zero-order chi connectivity index (χ0) is 22.8. The summed E-state index contributed by atoms with van der Waals surface area (Å²) in [6.07, 6.45) is 1.90. The van der Waals surface area contributed by atoms with Crippen LogP contribution in [0.1, 0.15) is 43.4 Å². The number of amides is 2. The Bertz CT molecular complexity index is 864. The van der Waals surface area contributed by atoms with Crippen LogP contribution in [-0.4, -0.2) is 43.0 Å². The van der Waals surface area contributed by atoms with Gasteiger partial charge in [0.1, 0.15) is 17.5 Å². The van der Waals surface area contributed by atoms with Crippen LogP contribution in [0.2, 0.25) is 0 Å². The van der Waals surface area contributed by atoms with Crippen molar-refractivity contribution in [2.24, 2.45) is 0 Å². The summed E-state index contributed by atoms with van der Waals surface area (Å²) in [5, 5.41) is 2.92. The van der Waals surface area contributed by atoms with Gasteiger partial charge in [-0.2, -0.15) is 0 Å². The molecule has 0 aliphatic rings. The Morgan fingerprint density at radius 2 is 1.81 bits per heavy atom. The van der Waals surface area contributed by atoms with E-state index in [-0.39, 0.29) is 18.4 Å². The smallest absolute Gasteiger partial charge is 0.261 e. The lowest BCUT2D eigenvalue weighted by Gasteiger charge is -2.29. The van der Waals surface area contributed by atoms with Gasteiger partial charge in [0.25, 0.3) is 5.91 Å². The maximum absolute atomic E-state index is 13.1. The zero-order valence-corrected chi connectivity index (χ0v) is 19.2. The molecule has 2 amide bonds. The summed E-state index contributed by atoms with van der Waals surface area (Å²) in [5.74, 6) is 1.00. The molecule has 6 heteroatoms. The topological polar surface area (TPSA) is 67.9 Å². The minimum atomic E-state index is -0.617. The molecule has 0 radical (unpaired) electrons. The predicted molar refractivity (Wildman–Crippen MR) is 122 cm³/mol. The molecule has 6 nitrogen and oxygen atoms in total. The molecular weight excluding hydrogens is 392 g/mol. The highest BCUT2D eigenvalue weighted by Gasteiger charge is 2.26. The summed E-state index contributed by atoms with van der Waals surface area (Å²) >= 11 is 0. The Morgan fingerprint density at radius 3 is 2.42 bits per heavy atom. The third kappa shape index (κ3) is 7.31. The number of methoxy groups -OCH3 is 1. The zero-order valence-electron chi connectivity index (χ0n) is 19.2. The molecule has 2 rings (SSSR count). The number of carbonyl (C=O) groups excluding carboxylic acids is 2. The van der Waals surface area contributed by atoms with Crippen molar-refractivity contribution in [1.82, 2.24) is 10.2 Å². The Labute approximate surface area is 185 Å². The van der Waals surface area contributed by atoms with Crippen LogP contribution in [0.25, 0.3) is 0 Å². The molecule has 0 aromatic heterocycles. The van der Waals surface area contributed by atoms with Crippen molar-refractivity contribution in [3.63, 3.8) is 0 Å². The predicted octanol–water partition coefficient (Wildman–Crippen LogP) is 4.02. The fourth-order valence-corrected chi connectivity index (χ4v) is 3.23. The summed E-state index contributed by atoms with van der Waals surface area (Å²) in [6, 6.07) is 12.7. The van der Waals surface area contributed by atoms with Crippen molar-refractivity contribution in [3.8, 4) is 11.5 Å². The van der Waals surface area contributed by atoms with Gasteiger partial charge in [0.2, 0.25) is 5.91 Å². The Balaban J connectivity index is 2.13. The highest BCUT2D eigenvalue weighted by molar-refractivity contribution is 5.88. The van der Waals surface area contributed by atoms with Crippen molar-refractivity contribution in [2.45, 2.75) is 53.1 Å². The van der Waals surface area contributed by atoms with Crippen molar-refractivity contribution in [1.29, 1.82) is 0 Å². The van der Waals surface area contributed by atoms with Crippen molar-refractivity contribution in [2.75, 3.05) is 20.3 Å².